The number of hydrogen-bond donors (Lipinski definition) is 1. The summed E-state index contributed by atoms with van der Waals surface area (Å²) in [7, 11) is 0. The number of carbonyl (C=O) groups excluding carboxylic acids is 1. The van der Waals surface area contributed by atoms with E-state index >= 15 is 0 Å². The molecule has 1 amide bonds. The van der Waals surface area contributed by atoms with Crippen LogP contribution in [0.1, 0.15) is 40.6 Å². The van der Waals surface area contributed by atoms with Gasteiger partial charge in [-0.25, -0.2) is 4.98 Å². The second kappa shape index (κ2) is 6.48. The van der Waals surface area contributed by atoms with Gasteiger partial charge in [-0.1, -0.05) is 6.07 Å². The molecule has 0 bridgehead atoms. The van der Waals surface area contributed by atoms with Gasteiger partial charge in [-0.05, 0) is 56.2 Å². The van der Waals surface area contributed by atoms with Crippen LogP contribution in [0.4, 0.5) is 0 Å². The van der Waals surface area contributed by atoms with E-state index in [2.05, 4.69) is 15.3 Å². The monoisotopic (exact) mass is 313 g/mol. The number of nitrogens with one attached hydrogen (secondary N) is 1. The molecule has 1 N–H and O–H groups in total. The fourth-order valence-electron chi connectivity index (χ4n) is 2.55. The zero-order valence-corrected chi connectivity index (χ0v) is 13.6. The molecule has 1 saturated carbocycles. The van der Waals surface area contributed by atoms with Crippen LogP contribution in [0.3, 0.4) is 0 Å². The largest absolute Gasteiger partial charge is 0.343 e. The molecule has 3 rings (SSSR count). The quantitative estimate of drug-likeness (QED) is 0.860. The fourth-order valence-corrected chi connectivity index (χ4v) is 3.09. The molecular formula is C17H19N3OS. The molecule has 0 spiro atoms. The Hall–Kier alpha value is -1.88. The lowest BCUT2D eigenvalue weighted by molar-refractivity contribution is 0.0927. The summed E-state index contributed by atoms with van der Waals surface area (Å²) >= 11 is 1.49. The van der Waals surface area contributed by atoms with Crippen LogP contribution in [0.2, 0.25) is 0 Å². The molecule has 5 heteroatoms. The summed E-state index contributed by atoms with van der Waals surface area (Å²) in [6.07, 6.45) is 5.93. The van der Waals surface area contributed by atoms with Gasteiger partial charge >= 0.3 is 0 Å². The van der Waals surface area contributed by atoms with Crippen LogP contribution in [-0.4, -0.2) is 22.1 Å². The van der Waals surface area contributed by atoms with Gasteiger partial charge in [-0.2, -0.15) is 0 Å². The number of rotatable bonds is 5. The molecule has 0 radical (unpaired) electrons. The van der Waals surface area contributed by atoms with E-state index in [1.165, 1.54) is 11.8 Å². The van der Waals surface area contributed by atoms with Gasteiger partial charge in [-0.15, -0.1) is 11.8 Å². The summed E-state index contributed by atoms with van der Waals surface area (Å²) in [5.41, 5.74) is 2.56. The third kappa shape index (κ3) is 3.30. The number of carbonyl (C=O) groups is 1. The van der Waals surface area contributed by atoms with E-state index in [4.69, 9.17) is 0 Å². The van der Waals surface area contributed by atoms with E-state index in [0.717, 1.165) is 29.3 Å². The number of thioether (sulfide) groups is 1. The van der Waals surface area contributed by atoms with Crippen molar-refractivity contribution in [3.05, 3.63) is 53.5 Å². The van der Waals surface area contributed by atoms with Gasteiger partial charge in [0.25, 0.3) is 5.91 Å². The Morgan fingerprint density at radius 2 is 2.14 bits per heavy atom. The number of pyridine rings is 2. The van der Waals surface area contributed by atoms with E-state index < -0.39 is 0 Å². The van der Waals surface area contributed by atoms with E-state index in [-0.39, 0.29) is 11.9 Å². The molecule has 4 nitrogen and oxygen atoms in total. The first-order chi connectivity index (χ1) is 10.7. The minimum absolute atomic E-state index is 0.0117. The Balaban J connectivity index is 1.84. The third-order valence-electron chi connectivity index (χ3n) is 3.82. The lowest BCUT2D eigenvalue weighted by atomic mass is 10.1. The maximum Gasteiger partial charge on any atom is 0.254 e. The molecule has 114 valence electrons. The van der Waals surface area contributed by atoms with Crippen LogP contribution >= 0.6 is 11.8 Å². The highest BCUT2D eigenvalue weighted by Crippen LogP contribution is 2.40. The Morgan fingerprint density at radius 1 is 1.32 bits per heavy atom. The van der Waals surface area contributed by atoms with Crippen molar-refractivity contribution in [3.63, 3.8) is 0 Å². The number of amides is 1. The first-order valence-electron chi connectivity index (χ1n) is 7.42. The zero-order chi connectivity index (χ0) is 15.5. The number of hydrogen-bond acceptors (Lipinski definition) is 4. The smallest absolute Gasteiger partial charge is 0.254 e. The van der Waals surface area contributed by atoms with Gasteiger partial charge in [-0.3, -0.25) is 9.78 Å². The molecule has 22 heavy (non-hydrogen) atoms. The normalized spacial score (nSPS) is 15.4. The van der Waals surface area contributed by atoms with E-state index in [0.29, 0.717) is 11.5 Å². The van der Waals surface area contributed by atoms with Crippen molar-refractivity contribution in [1.82, 2.24) is 15.3 Å². The third-order valence-corrected chi connectivity index (χ3v) is 4.53. The van der Waals surface area contributed by atoms with Gasteiger partial charge in [0.15, 0.2) is 0 Å². The summed E-state index contributed by atoms with van der Waals surface area (Å²) in [5.74, 6) is 0.422. The number of aromatic nitrogens is 2. The maximum absolute atomic E-state index is 12.6. The molecule has 2 aromatic rings. The van der Waals surface area contributed by atoms with Crippen LogP contribution in [0, 0.1) is 12.8 Å². The van der Waals surface area contributed by atoms with Crippen molar-refractivity contribution < 1.29 is 4.79 Å². The van der Waals surface area contributed by atoms with Crippen molar-refractivity contribution in [2.45, 2.75) is 30.8 Å². The van der Waals surface area contributed by atoms with Crippen LogP contribution in [-0.2, 0) is 0 Å². The van der Waals surface area contributed by atoms with Crippen molar-refractivity contribution >= 4 is 17.7 Å². The molecule has 1 aliphatic carbocycles. The Bertz CT molecular complexity index is 685. The highest BCUT2D eigenvalue weighted by molar-refractivity contribution is 7.98. The second-order valence-corrected chi connectivity index (χ2v) is 6.35. The summed E-state index contributed by atoms with van der Waals surface area (Å²) in [4.78, 5) is 21.5. The van der Waals surface area contributed by atoms with Gasteiger partial charge in [0, 0.05) is 11.9 Å². The number of nitrogens with zero attached hydrogens (tertiary/aromatic N) is 2. The zero-order valence-electron chi connectivity index (χ0n) is 12.7. The molecule has 2 heterocycles. The molecule has 0 saturated heterocycles. The average molecular weight is 313 g/mol. The standard InChI is InChI=1S/C17H19N3OS/c1-11-5-3-7-14(19-11)15(12-8-9-12)20-16(21)13-6-4-10-18-17(13)22-2/h3-7,10,12,15H,8-9H2,1-2H3,(H,20,21)/t15-/m0/s1. The summed E-state index contributed by atoms with van der Waals surface area (Å²) in [5, 5.41) is 3.91. The van der Waals surface area contributed by atoms with Gasteiger partial charge in [0.05, 0.1) is 17.3 Å². The van der Waals surface area contributed by atoms with Crippen molar-refractivity contribution in [1.29, 1.82) is 0 Å². The van der Waals surface area contributed by atoms with Crippen LogP contribution in [0.15, 0.2) is 41.6 Å². The topological polar surface area (TPSA) is 54.9 Å². The Morgan fingerprint density at radius 3 is 2.82 bits per heavy atom. The molecule has 2 aromatic heterocycles. The van der Waals surface area contributed by atoms with E-state index in [1.807, 2.05) is 37.4 Å². The van der Waals surface area contributed by atoms with Gasteiger partial charge in [0.2, 0.25) is 0 Å². The lowest BCUT2D eigenvalue weighted by Gasteiger charge is -2.19. The average Bonchev–Trinajstić information content (AvgIpc) is 3.37. The van der Waals surface area contributed by atoms with Crippen LogP contribution in [0.25, 0.3) is 0 Å². The van der Waals surface area contributed by atoms with Gasteiger partial charge in [0.1, 0.15) is 5.03 Å². The predicted octanol–water partition coefficient (Wildman–Crippen LogP) is 3.39. The lowest BCUT2D eigenvalue weighted by Crippen LogP contribution is -2.31. The first-order valence-corrected chi connectivity index (χ1v) is 8.65. The van der Waals surface area contributed by atoms with Crippen molar-refractivity contribution in [2.24, 2.45) is 5.92 Å². The van der Waals surface area contributed by atoms with Crippen molar-refractivity contribution in [3.8, 4) is 0 Å². The highest BCUT2D eigenvalue weighted by Gasteiger charge is 2.34. The molecular weight excluding hydrogens is 294 g/mol. The first kappa shape index (κ1) is 15.0. The highest BCUT2D eigenvalue weighted by atomic mass is 32.2. The molecule has 0 aromatic carbocycles. The second-order valence-electron chi connectivity index (χ2n) is 5.55. The predicted molar refractivity (Wildman–Crippen MR) is 87.9 cm³/mol. The minimum Gasteiger partial charge on any atom is -0.343 e. The SMILES string of the molecule is CSc1ncccc1C(=O)N[C@H](c1cccc(C)n1)C1CC1. The number of aryl methyl sites for hydroxylation is 1. The van der Waals surface area contributed by atoms with Gasteiger partial charge < -0.3 is 5.32 Å². The molecule has 1 fully saturated rings. The summed E-state index contributed by atoms with van der Waals surface area (Å²) in [6, 6.07) is 9.57. The van der Waals surface area contributed by atoms with Crippen LogP contribution < -0.4 is 5.32 Å². The molecule has 0 unspecified atom stereocenters. The Labute approximate surface area is 134 Å². The van der Waals surface area contributed by atoms with E-state index in [1.54, 1.807) is 12.3 Å². The molecule has 0 aliphatic heterocycles. The molecule has 1 aliphatic rings. The summed E-state index contributed by atoms with van der Waals surface area (Å²) < 4.78 is 0. The van der Waals surface area contributed by atoms with Crippen molar-refractivity contribution in [2.75, 3.05) is 6.26 Å². The van der Waals surface area contributed by atoms with E-state index in [9.17, 15) is 4.79 Å². The molecule has 1 atom stereocenters. The summed E-state index contributed by atoms with van der Waals surface area (Å²) in [6.45, 7) is 1.97. The fraction of sp³-hybridized carbons (Fsp3) is 0.353. The maximum atomic E-state index is 12.6. The van der Waals surface area contributed by atoms with Crippen LogP contribution in [0.5, 0.6) is 0 Å². The Kier molecular flexibility index (Phi) is 4.43. The minimum atomic E-state index is -0.0716.